The Balaban J connectivity index is 2.16. The van der Waals surface area contributed by atoms with Crippen molar-refractivity contribution in [2.45, 2.75) is 13.5 Å². The van der Waals surface area contributed by atoms with Crippen LogP contribution in [0.25, 0.3) is 0 Å². The summed E-state index contributed by atoms with van der Waals surface area (Å²) in [5.74, 6) is 0.0841. The van der Waals surface area contributed by atoms with Gasteiger partial charge in [0.25, 0.3) is 0 Å². The van der Waals surface area contributed by atoms with Gasteiger partial charge in [-0.05, 0) is 53.3 Å². The van der Waals surface area contributed by atoms with E-state index in [0.717, 1.165) is 17.8 Å². The highest BCUT2D eigenvalue weighted by Crippen LogP contribution is 2.18. The van der Waals surface area contributed by atoms with Crippen molar-refractivity contribution in [1.29, 1.82) is 0 Å². The summed E-state index contributed by atoms with van der Waals surface area (Å²) < 4.78 is 1.22. The van der Waals surface area contributed by atoms with Crippen LogP contribution in [0.3, 0.4) is 0 Å². The van der Waals surface area contributed by atoms with Crippen LogP contribution in [0.2, 0.25) is 0 Å². The number of carbonyl (C=O) groups is 1. The molecule has 92 valence electrons. The van der Waals surface area contributed by atoms with Crippen molar-refractivity contribution < 1.29 is 4.79 Å². The summed E-state index contributed by atoms with van der Waals surface area (Å²) in [5.41, 5.74) is 2.87. The van der Waals surface area contributed by atoms with E-state index in [1.807, 2.05) is 36.4 Å². The van der Waals surface area contributed by atoms with Crippen LogP contribution < -0.4 is 5.32 Å². The molecule has 0 aliphatic heterocycles. The van der Waals surface area contributed by atoms with Gasteiger partial charge in [0.15, 0.2) is 5.78 Å². The summed E-state index contributed by atoms with van der Waals surface area (Å²) in [7, 11) is 0. The molecule has 0 bridgehead atoms. The summed E-state index contributed by atoms with van der Waals surface area (Å²) in [6.45, 7) is 2.32. The number of ketones is 1. The van der Waals surface area contributed by atoms with E-state index in [-0.39, 0.29) is 5.78 Å². The zero-order chi connectivity index (χ0) is 13.0. The monoisotopic (exact) mass is 351 g/mol. The highest BCUT2D eigenvalue weighted by Gasteiger charge is 2.06. The molecule has 0 saturated heterocycles. The number of nitrogens with one attached hydrogen (secondary N) is 1. The van der Waals surface area contributed by atoms with Gasteiger partial charge in [-0.3, -0.25) is 4.79 Å². The topological polar surface area (TPSA) is 29.1 Å². The first-order chi connectivity index (χ1) is 8.68. The number of anilines is 1. The fourth-order valence-corrected chi connectivity index (χ4v) is 2.35. The second kappa shape index (κ2) is 6.00. The van der Waals surface area contributed by atoms with Crippen molar-refractivity contribution in [3.63, 3.8) is 0 Å². The molecule has 0 aliphatic carbocycles. The SMILES string of the molecule is CC(=O)c1ccccc1NCc1ccccc1I. The third-order valence-corrected chi connectivity index (χ3v) is 3.79. The van der Waals surface area contributed by atoms with Crippen LogP contribution in [0.4, 0.5) is 5.69 Å². The molecule has 2 nitrogen and oxygen atoms in total. The smallest absolute Gasteiger partial charge is 0.161 e. The second-order valence-electron chi connectivity index (χ2n) is 4.05. The van der Waals surface area contributed by atoms with E-state index in [1.54, 1.807) is 6.92 Å². The average Bonchev–Trinajstić information content (AvgIpc) is 2.38. The molecule has 0 unspecified atom stereocenters. The highest BCUT2D eigenvalue weighted by molar-refractivity contribution is 14.1. The molecule has 0 amide bonds. The van der Waals surface area contributed by atoms with E-state index in [2.05, 4.69) is 40.0 Å². The lowest BCUT2D eigenvalue weighted by Crippen LogP contribution is -2.05. The molecule has 2 aromatic carbocycles. The molecule has 0 saturated carbocycles. The number of Topliss-reactive ketones (excluding diaryl/α,β-unsaturated/α-hetero) is 1. The summed E-state index contributed by atoms with van der Waals surface area (Å²) in [6, 6.07) is 15.8. The van der Waals surface area contributed by atoms with Gasteiger partial charge in [0.2, 0.25) is 0 Å². The second-order valence-corrected chi connectivity index (χ2v) is 5.21. The molecule has 2 rings (SSSR count). The molecule has 0 spiro atoms. The van der Waals surface area contributed by atoms with Crippen LogP contribution in [-0.4, -0.2) is 5.78 Å². The number of rotatable bonds is 4. The van der Waals surface area contributed by atoms with Crippen molar-refractivity contribution >= 4 is 34.1 Å². The number of hydrogen-bond donors (Lipinski definition) is 1. The quantitative estimate of drug-likeness (QED) is 0.664. The first kappa shape index (κ1) is 13.1. The Morgan fingerprint density at radius 2 is 1.78 bits per heavy atom. The Kier molecular flexibility index (Phi) is 4.36. The lowest BCUT2D eigenvalue weighted by molar-refractivity contribution is 0.101. The third-order valence-electron chi connectivity index (χ3n) is 2.73. The van der Waals surface area contributed by atoms with Crippen LogP contribution >= 0.6 is 22.6 Å². The fourth-order valence-electron chi connectivity index (χ4n) is 1.78. The maximum atomic E-state index is 11.5. The summed E-state index contributed by atoms with van der Waals surface area (Å²) in [4.78, 5) is 11.5. The van der Waals surface area contributed by atoms with Crippen LogP contribution in [0.5, 0.6) is 0 Å². The molecular formula is C15H14INO. The van der Waals surface area contributed by atoms with Crippen LogP contribution in [0.15, 0.2) is 48.5 Å². The van der Waals surface area contributed by atoms with Crippen LogP contribution in [-0.2, 0) is 6.54 Å². The van der Waals surface area contributed by atoms with Gasteiger partial charge in [-0.15, -0.1) is 0 Å². The van der Waals surface area contributed by atoms with Gasteiger partial charge in [-0.2, -0.15) is 0 Å². The van der Waals surface area contributed by atoms with E-state index >= 15 is 0 Å². The molecule has 0 fully saturated rings. The maximum absolute atomic E-state index is 11.5. The Labute approximate surface area is 121 Å². The zero-order valence-corrected chi connectivity index (χ0v) is 12.3. The van der Waals surface area contributed by atoms with Gasteiger partial charge in [0.05, 0.1) is 0 Å². The first-order valence-corrected chi connectivity index (χ1v) is 6.83. The molecular weight excluding hydrogens is 337 g/mol. The van der Waals surface area contributed by atoms with E-state index in [9.17, 15) is 4.79 Å². The first-order valence-electron chi connectivity index (χ1n) is 5.75. The fraction of sp³-hybridized carbons (Fsp3) is 0.133. The normalized spacial score (nSPS) is 10.1. The van der Waals surface area contributed by atoms with Gasteiger partial charge in [0, 0.05) is 21.4 Å². The number of para-hydroxylation sites is 1. The highest BCUT2D eigenvalue weighted by atomic mass is 127. The molecule has 0 heterocycles. The molecule has 1 N–H and O–H groups in total. The molecule has 0 aliphatic rings. The molecule has 0 atom stereocenters. The number of hydrogen-bond acceptors (Lipinski definition) is 2. The largest absolute Gasteiger partial charge is 0.380 e. The van der Waals surface area contributed by atoms with Gasteiger partial charge in [-0.25, -0.2) is 0 Å². The van der Waals surface area contributed by atoms with Crippen molar-refractivity contribution in [2.75, 3.05) is 5.32 Å². The van der Waals surface area contributed by atoms with Crippen LogP contribution in [0, 0.1) is 3.57 Å². The van der Waals surface area contributed by atoms with Gasteiger partial charge in [0.1, 0.15) is 0 Å². The predicted molar refractivity (Wildman–Crippen MR) is 82.9 cm³/mol. The van der Waals surface area contributed by atoms with E-state index in [0.29, 0.717) is 0 Å². The third kappa shape index (κ3) is 3.10. The maximum Gasteiger partial charge on any atom is 0.161 e. The molecule has 0 radical (unpaired) electrons. The van der Waals surface area contributed by atoms with Gasteiger partial charge in [-0.1, -0.05) is 30.3 Å². The Morgan fingerprint density at radius 3 is 2.50 bits per heavy atom. The van der Waals surface area contributed by atoms with Crippen molar-refractivity contribution in [3.05, 3.63) is 63.2 Å². The standard InChI is InChI=1S/C15H14INO/c1-11(18)13-7-3-5-9-15(13)17-10-12-6-2-4-8-14(12)16/h2-9,17H,10H2,1H3. The lowest BCUT2D eigenvalue weighted by Gasteiger charge is -2.11. The van der Waals surface area contributed by atoms with Gasteiger partial charge < -0.3 is 5.32 Å². The summed E-state index contributed by atoms with van der Waals surface area (Å²) >= 11 is 2.32. The van der Waals surface area contributed by atoms with E-state index in [1.165, 1.54) is 9.13 Å². The zero-order valence-electron chi connectivity index (χ0n) is 10.1. The predicted octanol–water partition coefficient (Wildman–Crippen LogP) is 4.11. The molecule has 2 aromatic rings. The number of benzene rings is 2. The minimum absolute atomic E-state index is 0.0841. The Morgan fingerprint density at radius 1 is 1.11 bits per heavy atom. The molecule has 18 heavy (non-hydrogen) atoms. The Hall–Kier alpha value is -1.36. The lowest BCUT2D eigenvalue weighted by atomic mass is 10.1. The van der Waals surface area contributed by atoms with Crippen molar-refractivity contribution in [2.24, 2.45) is 0 Å². The number of halogens is 1. The summed E-state index contributed by atoms with van der Waals surface area (Å²) in [5, 5.41) is 3.33. The van der Waals surface area contributed by atoms with E-state index in [4.69, 9.17) is 0 Å². The minimum Gasteiger partial charge on any atom is -0.380 e. The van der Waals surface area contributed by atoms with E-state index < -0.39 is 0 Å². The van der Waals surface area contributed by atoms with Gasteiger partial charge >= 0.3 is 0 Å². The number of carbonyl (C=O) groups excluding carboxylic acids is 1. The van der Waals surface area contributed by atoms with Crippen molar-refractivity contribution in [1.82, 2.24) is 0 Å². The summed E-state index contributed by atoms with van der Waals surface area (Å²) in [6.07, 6.45) is 0. The molecule has 0 aromatic heterocycles. The molecule has 3 heteroatoms. The van der Waals surface area contributed by atoms with Crippen molar-refractivity contribution in [3.8, 4) is 0 Å². The Bertz CT molecular complexity index is 566. The van der Waals surface area contributed by atoms with Crippen LogP contribution in [0.1, 0.15) is 22.8 Å². The average molecular weight is 351 g/mol. The minimum atomic E-state index is 0.0841.